The molecular formula is C15H19N5O. The number of aromatic nitrogens is 2. The molecule has 0 aliphatic carbocycles. The maximum Gasteiger partial charge on any atom is 0.259 e. The molecule has 0 bridgehead atoms. The van der Waals surface area contributed by atoms with Gasteiger partial charge in [0.1, 0.15) is 11.6 Å². The molecule has 0 aliphatic heterocycles. The molecule has 0 unspecified atom stereocenters. The number of amides is 1. The Labute approximate surface area is 124 Å². The molecule has 0 saturated heterocycles. The van der Waals surface area contributed by atoms with Gasteiger partial charge in [0, 0.05) is 24.5 Å². The standard InChI is InChI=1S/C15H19N5O/c1-10(2)12-8-11(9-13(18-12)19-16)15(21)20(3)14-6-4-5-7-17-14/h4-10H,16H2,1-3H3,(H,18,19). The number of carbonyl (C=O) groups is 1. The van der Waals surface area contributed by atoms with Crippen molar-refractivity contribution in [3.63, 3.8) is 0 Å². The van der Waals surface area contributed by atoms with E-state index in [2.05, 4.69) is 15.4 Å². The number of anilines is 2. The molecule has 2 rings (SSSR count). The Morgan fingerprint density at radius 2 is 2.10 bits per heavy atom. The zero-order valence-corrected chi connectivity index (χ0v) is 12.4. The molecule has 6 nitrogen and oxygen atoms in total. The van der Waals surface area contributed by atoms with E-state index in [-0.39, 0.29) is 11.8 Å². The van der Waals surface area contributed by atoms with Crippen molar-refractivity contribution in [2.75, 3.05) is 17.4 Å². The van der Waals surface area contributed by atoms with Gasteiger partial charge in [-0.25, -0.2) is 15.8 Å². The van der Waals surface area contributed by atoms with Crippen LogP contribution in [0.4, 0.5) is 11.6 Å². The minimum Gasteiger partial charge on any atom is -0.308 e. The van der Waals surface area contributed by atoms with Crippen molar-refractivity contribution in [1.29, 1.82) is 0 Å². The van der Waals surface area contributed by atoms with E-state index in [1.54, 1.807) is 31.4 Å². The summed E-state index contributed by atoms with van der Waals surface area (Å²) in [6.45, 7) is 4.03. The zero-order valence-electron chi connectivity index (χ0n) is 12.4. The third-order valence-electron chi connectivity index (χ3n) is 3.13. The van der Waals surface area contributed by atoms with Crippen LogP contribution in [-0.4, -0.2) is 22.9 Å². The molecule has 6 heteroatoms. The molecule has 0 radical (unpaired) electrons. The number of nitrogens with two attached hydrogens (primary N) is 1. The number of rotatable bonds is 4. The fraction of sp³-hybridized carbons (Fsp3) is 0.267. The second-order valence-corrected chi connectivity index (χ2v) is 5.02. The highest BCUT2D eigenvalue weighted by Gasteiger charge is 2.17. The lowest BCUT2D eigenvalue weighted by atomic mass is 10.1. The number of hydrogen-bond donors (Lipinski definition) is 2. The highest BCUT2D eigenvalue weighted by molar-refractivity contribution is 6.05. The Morgan fingerprint density at radius 3 is 2.67 bits per heavy atom. The molecule has 0 aliphatic rings. The third-order valence-corrected chi connectivity index (χ3v) is 3.13. The van der Waals surface area contributed by atoms with Crippen molar-refractivity contribution in [2.45, 2.75) is 19.8 Å². The van der Waals surface area contributed by atoms with E-state index in [4.69, 9.17) is 5.84 Å². The van der Waals surface area contributed by atoms with Crippen molar-refractivity contribution < 1.29 is 4.79 Å². The monoisotopic (exact) mass is 285 g/mol. The van der Waals surface area contributed by atoms with Crippen LogP contribution >= 0.6 is 0 Å². The molecule has 2 aromatic heterocycles. The number of hydrogen-bond acceptors (Lipinski definition) is 5. The van der Waals surface area contributed by atoms with Crippen LogP contribution in [0.5, 0.6) is 0 Å². The molecule has 2 heterocycles. The number of nitrogens with one attached hydrogen (secondary N) is 1. The Morgan fingerprint density at radius 1 is 1.33 bits per heavy atom. The van der Waals surface area contributed by atoms with Crippen molar-refractivity contribution in [2.24, 2.45) is 5.84 Å². The number of nitrogen functional groups attached to an aromatic ring is 1. The predicted molar refractivity (Wildman–Crippen MR) is 83.1 cm³/mol. The van der Waals surface area contributed by atoms with Crippen LogP contribution in [0.3, 0.4) is 0 Å². The first kappa shape index (κ1) is 14.9. The Balaban J connectivity index is 2.36. The first-order valence-corrected chi connectivity index (χ1v) is 6.70. The predicted octanol–water partition coefficient (Wildman–Crippen LogP) is 2.16. The van der Waals surface area contributed by atoms with Gasteiger partial charge in [0.2, 0.25) is 0 Å². The first-order valence-electron chi connectivity index (χ1n) is 6.70. The van der Waals surface area contributed by atoms with Crippen molar-refractivity contribution >= 4 is 17.5 Å². The van der Waals surface area contributed by atoms with Gasteiger partial charge in [-0.05, 0) is 30.2 Å². The van der Waals surface area contributed by atoms with E-state index in [0.29, 0.717) is 17.2 Å². The topological polar surface area (TPSA) is 84.1 Å². The SMILES string of the molecule is CC(C)c1cc(C(=O)N(C)c2ccccn2)cc(NN)n1. The Kier molecular flexibility index (Phi) is 4.49. The number of nitrogens with zero attached hydrogens (tertiary/aromatic N) is 3. The smallest absolute Gasteiger partial charge is 0.259 e. The summed E-state index contributed by atoms with van der Waals surface area (Å²) in [6.07, 6.45) is 1.65. The van der Waals surface area contributed by atoms with E-state index in [9.17, 15) is 4.79 Å². The van der Waals surface area contributed by atoms with Gasteiger partial charge in [-0.15, -0.1) is 0 Å². The maximum absolute atomic E-state index is 12.6. The largest absolute Gasteiger partial charge is 0.308 e. The Bertz CT molecular complexity index is 627. The lowest BCUT2D eigenvalue weighted by Crippen LogP contribution is -2.27. The fourth-order valence-electron chi connectivity index (χ4n) is 1.89. The summed E-state index contributed by atoms with van der Waals surface area (Å²) < 4.78 is 0. The summed E-state index contributed by atoms with van der Waals surface area (Å²) in [6, 6.07) is 8.85. The normalized spacial score (nSPS) is 10.5. The summed E-state index contributed by atoms with van der Waals surface area (Å²) in [4.78, 5) is 22.6. The average Bonchev–Trinajstić information content (AvgIpc) is 2.53. The van der Waals surface area contributed by atoms with E-state index in [1.165, 1.54) is 4.90 Å². The second-order valence-electron chi connectivity index (χ2n) is 5.02. The fourth-order valence-corrected chi connectivity index (χ4v) is 1.89. The minimum absolute atomic E-state index is 0.158. The van der Waals surface area contributed by atoms with Crippen LogP contribution in [0, 0.1) is 0 Å². The zero-order chi connectivity index (χ0) is 15.4. The summed E-state index contributed by atoms with van der Waals surface area (Å²) in [5, 5.41) is 0. The highest BCUT2D eigenvalue weighted by atomic mass is 16.2. The summed E-state index contributed by atoms with van der Waals surface area (Å²) in [7, 11) is 1.69. The molecule has 2 aromatic rings. The molecule has 0 saturated carbocycles. The molecule has 21 heavy (non-hydrogen) atoms. The van der Waals surface area contributed by atoms with Crippen molar-refractivity contribution in [3.8, 4) is 0 Å². The number of carbonyl (C=O) groups excluding carboxylic acids is 1. The van der Waals surface area contributed by atoms with E-state index in [1.807, 2.05) is 26.0 Å². The van der Waals surface area contributed by atoms with Crippen LogP contribution in [0.2, 0.25) is 0 Å². The summed E-state index contributed by atoms with van der Waals surface area (Å²) in [5.74, 6) is 6.53. The van der Waals surface area contributed by atoms with E-state index >= 15 is 0 Å². The first-order chi connectivity index (χ1) is 10.0. The highest BCUT2D eigenvalue weighted by Crippen LogP contribution is 2.19. The van der Waals surface area contributed by atoms with Gasteiger partial charge in [-0.1, -0.05) is 19.9 Å². The third kappa shape index (κ3) is 3.35. The second kappa shape index (κ2) is 6.32. The number of hydrazine groups is 1. The lowest BCUT2D eigenvalue weighted by Gasteiger charge is -2.17. The maximum atomic E-state index is 12.6. The van der Waals surface area contributed by atoms with E-state index < -0.39 is 0 Å². The molecule has 110 valence electrons. The van der Waals surface area contributed by atoms with Crippen LogP contribution < -0.4 is 16.2 Å². The number of pyridine rings is 2. The summed E-state index contributed by atoms with van der Waals surface area (Å²) >= 11 is 0. The van der Waals surface area contributed by atoms with Gasteiger partial charge in [0.15, 0.2) is 0 Å². The van der Waals surface area contributed by atoms with Gasteiger partial charge in [-0.2, -0.15) is 0 Å². The molecule has 0 aromatic carbocycles. The van der Waals surface area contributed by atoms with Crippen LogP contribution in [0.25, 0.3) is 0 Å². The van der Waals surface area contributed by atoms with Crippen molar-refractivity contribution in [1.82, 2.24) is 9.97 Å². The Hall–Kier alpha value is -2.47. The lowest BCUT2D eigenvalue weighted by molar-refractivity contribution is 0.0992. The average molecular weight is 285 g/mol. The minimum atomic E-state index is -0.158. The van der Waals surface area contributed by atoms with Crippen LogP contribution in [-0.2, 0) is 0 Å². The van der Waals surface area contributed by atoms with Crippen LogP contribution in [0.1, 0.15) is 35.8 Å². The molecule has 0 fully saturated rings. The van der Waals surface area contributed by atoms with Crippen LogP contribution in [0.15, 0.2) is 36.5 Å². The van der Waals surface area contributed by atoms with Gasteiger partial charge < -0.3 is 5.43 Å². The van der Waals surface area contributed by atoms with Gasteiger partial charge in [0.25, 0.3) is 5.91 Å². The molecular weight excluding hydrogens is 266 g/mol. The quantitative estimate of drug-likeness (QED) is 0.664. The summed E-state index contributed by atoms with van der Waals surface area (Å²) in [5.41, 5.74) is 3.83. The van der Waals surface area contributed by atoms with Gasteiger partial charge in [-0.3, -0.25) is 9.69 Å². The molecule has 1 amide bonds. The van der Waals surface area contributed by atoms with Gasteiger partial charge >= 0.3 is 0 Å². The molecule has 3 N–H and O–H groups in total. The van der Waals surface area contributed by atoms with Crippen molar-refractivity contribution in [3.05, 3.63) is 47.8 Å². The van der Waals surface area contributed by atoms with E-state index in [0.717, 1.165) is 5.69 Å². The molecule has 0 atom stereocenters. The molecule has 0 spiro atoms. The van der Waals surface area contributed by atoms with Gasteiger partial charge in [0.05, 0.1) is 0 Å².